The highest BCUT2D eigenvalue weighted by Gasteiger charge is 2.24. The number of rotatable bonds is 5. The van der Waals surface area contributed by atoms with Gasteiger partial charge >= 0.3 is 0 Å². The molecule has 0 atom stereocenters. The fraction of sp³-hybridized carbons (Fsp3) is 0.600. The lowest BCUT2D eigenvalue weighted by Gasteiger charge is -2.31. The van der Waals surface area contributed by atoms with Gasteiger partial charge in [-0.05, 0) is 43.7 Å². The molecule has 110 valence electrons. The van der Waals surface area contributed by atoms with Crippen LogP contribution in [0.2, 0.25) is 0 Å². The van der Waals surface area contributed by atoms with Crippen molar-refractivity contribution in [2.75, 3.05) is 13.1 Å². The van der Waals surface area contributed by atoms with Crippen LogP contribution in [0.4, 0.5) is 0 Å². The Morgan fingerprint density at radius 1 is 1.35 bits per heavy atom. The number of nitrogens with one attached hydrogen (secondary N) is 1. The smallest absolute Gasteiger partial charge is 0.270 e. The Hall–Kier alpha value is -1.78. The van der Waals surface area contributed by atoms with Crippen molar-refractivity contribution >= 4 is 11.8 Å². The fourth-order valence-electron chi connectivity index (χ4n) is 2.71. The van der Waals surface area contributed by atoms with Gasteiger partial charge in [0.2, 0.25) is 5.91 Å². The van der Waals surface area contributed by atoms with Crippen LogP contribution in [-0.2, 0) is 11.2 Å². The number of piperidine rings is 1. The van der Waals surface area contributed by atoms with Crippen molar-refractivity contribution in [2.24, 2.45) is 11.7 Å². The highest BCUT2D eigenvalue weighted by molar-refractivity contribution is 5.92. The molecule has 1 fully saturated rings. The van der Waals surface area contributed by atoms with E-state index in [0.717, 1.165) is 44.5 Å². The van der Waals surface area contributed by atoms with Gasteiger partial charge in [0.15, 0.2) is 0 Å². The molecule has 20 heavy (non-hydrogen) atoms. The number of primary amides is 1. The Morgan fingerprint density at radius 3 is 2.60 bits per heavy atom. The summed E-state index contributed by atoms with van der Waals surface area (Å²) in [4.78, 5) is 28.2. The monoisotopic (exact) mass is 277 g/mol. The summed E-state index contributed by atoms with van der Waals surface area (Å²) >= 11 is 0. The minimum atomic E-state index is -0.234. The molecule has 1 aliphatic rings. The molecule has 0 spiro atoms. The minimum Gasteiger partial charge on any atom is -0.370 e. The van der Waals surface area contributed by atoms with Gasteiger partial charge in [-0.2, -0.15) is 0 Å². The van der Waals surface area contributed by atoms with Crippen LogP contribution in [0.1, 0.15) is 48.8 Å². The number of aryl methyl sites for hydroxylation is 1. The van der Waals surface area contributed by atoms with Crippen LogP contribution in [0.25, 0.3) is 0 Å². The number of hydrogen-bond acceptors (Lipinski definition) is 2. The second-order valence-corrected chi connectivity index (χ2v) is 5.49. The van der Waals surface area contributed by atoms with Crippen LogP contribution in [0.5, 0.6) is 0 Å². The van der Waals surface area contributed by atoms with Gasteiger partial charge in [0.25, 0.3) is 5.91 Å². The van der Waals surface area contributed by atoms with Gasteiger partial charge in [0, 0.05) is 25.2 Å². The average Bonchev–Trinajstić information content (AvgIpc) is 2.94. The van der Waals surface area contributed by atoms with Crippen molar-refractivity contribution in [3.63, 3.8) is 0 Å². The Balaban J connectivity index is 1.84. The number of aromatic amines is 1. The number of carbonyl (C=O) groups is 2. The Labute approximate surface area is 119 Å². The molecule has 0 unspecified atom stereocenters. The molecular weight excluding hydrogens is 254 g/mol. The highest BCUT2D eigenvalue weighted by atomic mass is 16.2. The second-order valence-electron chi connectivity index (χ2n) is 5.49. The second kappa shape index (κ2) is 6.59. The molecule has 0 radical (unpaired) electrons. The lowest BCUT2D eigenvalue weighted by atomic mass is 9.92. The molecule has 1 aliphatic heterocycles. The van der Waals surface area contributed by atoms with Crippen molar-refractivity contribution in [3.05, 3.63) is 23.5 Å². The Morgan fingerprint density at radius 2 is 2.05 bits per heavy atom. The van der Waals surface area contributed by atoms with Gasteiger partial charge in [-0.3, -0.25) is 9.59 Å². The molecule has 2 amide bonds. The summed E-state index contributed by atoms with van der Waals surface area (Å²) in [6.45, 7) is 3.59. The molecule has 0 bridgehead atoms. The van der Waals surface area contributed by atoms with E-state index in [4.69, 9.17) is 5.73 Å². The topological polar surface area (TPSA) is 79.2 Å². The van der Waals surface area contributed by atoms with E-state index in [1.165, 1.54) is 0 Å². The molecule has 2 heterocycles. The molecular formula is C15H23N3O2. The zero-order valence-electron chi connectivity index (χ0n) is 12.0. The molecule has 2 rings (SSSR count). The Bertz CT molecular complexity index is 473. The van der Waals surface area contributed by atoms with Crippen molar-refractivity contribution in [1.82, 2.24) is 9.88 Å². The maximum Gasteiger partial charge on any atom is 0.270 e. The normalized spacial score (nSPS) is 16.4. The van der Waals surface area contributed by atoms with E-state index in [2.05, 4.69) is 11.9 Å². The average molecular weight is 277 g/mol. The van der Waals surface area contributed by atoms with Crippen LogP contribution in [0.15, 0.2) is 12.1 Å². The van der Waals surface area contributed by atoms with Crippen molar-refractivity contribution in [3.8, 4) is 0 Å². The number of nitrogens with zero attached hydrogens (tertiary/aromatic N) is 1. The summed E-state index contributed by atoms with van der Waals surface area (Å²) in [5.41, 5.74) is 6.93. The molecule has 1 aromatic heterocycles. The van der Waals surface area contributed by atoms with Gasteiger partial charge in [0.1, 0.15) is 5.69 Å². The highest BCUT2D eigenvalue weighted by Crippen LogP contribution is 2.22. The van der Waals surface area contributed by atoms with E-state index in [1.807, 2.05) is 17.0 Å². The molecule has 5 heteroatoms. The van der Waals surface area contributed by atoms with E-state index in [0.29, 0.717) is 18.0 Å². The zero-order chi connectivity index (χ0) is 14.5. The van der Waals surface area contributed by atoms with Gasteiger partial charge in [-0.1, -0.05) is 6.92 Å². The van der Waals surface area contributed by atoms with E-state index >= 15 is 0 Å². The van der Waals surface area contributed by atoms with E-state index < -0.39 is 0 Å². The lowest BCUT2D eigenvalue weighted by Crippen LogP contribution is -2.38. The van der Waals surface area contributed by atoms with Gasteiger partial charge < -0.3 is 15.6 Å². The summed E-state index contributed by atoms with van der Waals surface area (Å²) in [6.07, 6.45) is 4.12. The molecule has 0 aromatic carbocycles. The van der Waals surface area contributed by atoms with Gasteiger partial charge in [-0.15, -0.1) is 0 Å². The number of H-pyrrole nitrogens is 1. The quantitative estimate of drug-likeness (QED) is 0.859. The van der Waals surface area contributed by atoms with E-state index in [1.54, 1.807) is 0 Å². The minimum absolute atomic E-state index is 0.0815. The molecule has 5 nitrogen and oxygen atoms in total. The number of carbonyl (C=O) groups excluding carboxylic acids is 2. The number of amides is 2. The third-order valence-electron chi connectivity index (χ3n) is 4.06. The first kappa shape index (κ1) is 14.6. The Kier molecular flexibility index (Phi) is 4.82. The van der Waals surface area contributed by atoms with Crippen LogP contribution < -0.4 is 5.73 Å². The maximum absolute atomic E-state index is 12.3. The number of nitrogens with two attached hydrogens (primary N) is 1. The molecule has 0 saturated carbocycles. The third-order valence-corrected chi connectivity index (χ3v) is 4.06. The van der Waals surface area contributed by atoms with Gasteiger partial charge in [0.05, 0.1) is 0 Å². The fourth-order valence-corrected chi connectivity index (χ4v) is 2.71. The first-order chi connectivity index (χ1) is 9.60. The van der Waals surface area contributed by atoms with Crippen molar-refractivity contribution < 1.29 is 9.59 Å². The standard InChI is InChI=1S/C15H23N3O2/c1-2-12-4-5-13(17-12)15(20)18-9-7-11(8-10-18)3-6-14(16)19/h4-5,11,17H,2-3,6-10H2,1H3,(H2,16,19). The van der Waals surface area contributed by atoms with Crippen molar-refractivity contribution in [1.29, 1.82) is 0 Å². The van der Waals surface area contributed by atoms with E-state index in [9.17, 15) is 9.59 Å². The molecule has 1 saturated heterocycles. The first-order valence-corrected chi connectivity index (χ1v) is 7.35. The number of hydrogen-bond donors (Lipinski definition) is 2. The predicted octanol–water partition coefficient (Wildman–Crippen LogP) is 1.69. The third kappa shape index (κ3) is 3.62. The summed E-state index contributed by atoms with van der Waals surface area (Å²) in [5, 5.41) is 0. The van der Waals surface area contributed by atoms with Crippen LogP contribution in [-0.4, -0.2) is 34.8 Å². The summed E-state index contributed by atoms with van der Waals surface area (Å²) < 4.78 is 0. The summed E-state index contributed by atoms with van der Waals surface area (Å²) in [6, 6.07) is 3.83. The van der Waals surface area contributed by atoms with E-state index in [-0.39, 0.29) is 11.8 Å². The molecule has 3 N–H and O–H groups in total. The number of aromatic nitrogens is 1. The largest absolute Gasteiger partial charge is 0.370 e. The zero-order valence-corrected chi connectivity index (χ0v) is 12.0. The van der Waals surface area contributed by atoms with Crippen LogP contribution in [0, 0.1) is 5.92 Å². The van der Waals surface area contributed by atoms with Gasteiger partial charge in [-0.25, -0.2) is 0 Å². The number of likely N-dealkylation sites (tertiary alicyclic amines) is 1. The SMILES string of the molecule is CCc1ccc(C(=O)N2CCC(CCC(N)=O)CC2)[nH]1. The van der Waals surface area contributed by atoms with Crippen LogP contribution >= 0.6 is 0 Å². The molecule has 0 aliphatic carbocycles. The predicted molar refractivity (Wildman–Crippen MR) is 77.2 cm³/mol. The van der Waals surface area contributed by atoms with Crippen LogP contribution in [0.3, 0.4) is 0 Å². The lowest BCUT2D eigenvalue weighted by molar-refractivity contribution is -0.118. The maximum atomic E-state index is 12.3. The summed E-state index contributed by atoms with van der Waals surface area (Å²) in [7, 11) is 0. The molecule has 1 aromatic rings. The first-order valence-electron chi connectivity index (χ1n) is 7.35. The summed E-state index contributed by atoms with van der Waals surface area (Å²) in [5.74, 6) is 0.362. The van der Waals surface area contributed by atoms with Crippen molar-refractivity contribution in [2.45, 2.75) is 39.0 Å².